The summed E-state index contributed by atoms with van der Waals surface area (Å²) in [4.78, 5) is 0. The number of nitrogens with zero attached hydrogens (tertiary/aromatic N) is 2. The molecule has 1 heterocycles. The van der Waals surface area contributed by atoms with E-state index in [0.717, 1.165) is 11.3 Å². The maximum atomic E-state index is 13.9. The van der Waals surface area contributed by atoms with Crippen LogP contribution in [0.3, 0.4) is 0 Å². The second-order valence-electron chi connectivity index (χ2n) is 5.24. The van der Waals surface area contributed by atoms with Crippen LogP contribution in [0.25, 0.3) is 11.3 Å². The Balaban J connectivity index is 2.68. The van der Waals surface area contributed by atoms with Crippen molar-refractivity contribution < 1.29 is 4.39 Å². The lowest BCUT2D eigenvalue weighted by molar-refractivity contribution is 0.359. The molecule has 17 heavy (non-hydrogen) atoms. The van der Waals surface area contributed by atoms with Gasteiger partial charge in [-0.3, -0.25) is 4.68 Å². The van der Waals surface area contributed by atoms with Crippen LogP contribution in [0.4, 0.5) is 4.39 Å². The smallest absolute Gasteiger partial charge is 0.132 e. The highest BCUT2D eigenvalue weighted by Gasteiger charge is 2.21. The summed E-state index contributed by atoms with van der Waals surface area (Å²) in [5.74, 6) is -0.207. The van der Waals surface area contributed by atoms with Crippen molar-refractivity contribution in [1.82, 2.24) is 9.78 Å². The Hall–Kier alpha value is -1.64. The molecule has 0 saturated carbocycles. The van der Waals surface area contributed by atoms with Gasteiger partial charge in [-0.05, 0) is 45.4 Å². The Morgan fingerprint density at radius 3 is 2.41 bits per heavy atom. The molecule has 0 unspecified atom stereocenters. The average Bonchev–Trinajstić information content (AvgIpc) is 2.60. The molecule has 2 rings (SSSR count). The molecule has 1 aromatic carbocycles. The maximum Gasteiger partial charge on any atom is 0.132 e. The van der Waals surface area contributed by atoms with Crippen LogP contribution < -0.4 is 0 Å². The first-order chi connectivity index (χ1) is 7.91. The Labute approximate surface area is 101 Å². The molecule has 0 aliphatic heterocycles. The van der Waals surface area contributed by atoms with Crippen LogP contribution in [-0.4, -0.2) is 9.78 Å². The summed E-state index contributed by atoms with van der Waals surface area (Å²) in [6.07, 6.45) is 1.78. The molecule has 0 atom stereocenters. The van der Waals surface area contributed by atoms with E-state index in [1.165, 1.54) is 6.07 Å². The summed E-state index contributed by atoms with van der Waals surface area (Å²) in [5, 5.41) is 4.35. The lowest BCUT2D eigenvalue weighted by Gasteiger charge is -2.23. The molecule has 0 spiro atoms. The number of halogens is 1. The summed E-state index contributed by atoms with van der Waals surface area (Å²) in [5.41, 5.74) is 2.30. The Kier molecular flexibility index (Phi) is 2.77. The van der Waals surface area contributed by atoms with Crippen molar-refractivity contribution in [3.05, 3.63) is 41.8 Å². The molecule has 0 fully saturated rings. The van der Waals surface area contributed by atoms with E-state index in [2.05, 4.69) is 25.9 Å². The second kappa shape index (κ2) is 3.99. The molecular formula is C14H17FN2. The molecule has 0 aliphatic carbocycles. The number of rotatable bonds is 1. The third kappa shape index (κ3) is 2.09. The first kappa shape index (κ1) is 11.8. The van der Waals surface area contributed by atoms with E-state index in [9.17, 15) is 4.39 Å². The molecule has 3 heteroatoms. The molecule has 0 radical (unpaired) electrons. The third-order valence-corrected chi connectivity index (χ3v) is 2.72. The van der Waals surface area contributed by atoms with Gasteiger partial charge in [-0.15, -0.1) is 0 Å². The zero-order valence-corrected chi connectivity index (χ0v) is 10.7. The van der Waals surface area contributed by atoms with E-state index in [0.29, 0.717) is 5.56 Å². The van der Waals surface area contributed by atoms with Crippen LogP contribution in [-0.2, 0) is 5.54 Å². The lowest BCUT2D eigenvalue weighted by Crippen LogP contribution is -2.24. The van der Waals surface area contributed by atoms with Crippen molar-refractivity contribution in [1.29, 1.82) is 0 Å². The van der Waals surface area contributed by atoms with Gasteiger partial charge < -0.3 is 0 Å². The summed E-state index contributed by atoms with van der Waals surface area (Å²) in [6, 6.07) is 6.82. The largest absolute Gasteiger partial charge is 0.259 e. The van der Waals surface area contributed by atoms with Gasteiger partial charge in [-0.2, -0.15) is 5.10 Å². The van der Waals surface area contributed by atoms with Gasteiger partial charge in [0.05, 0.1) is 17.4 Å². The Bertz CT molecular complexity index is 535. The van der Waals surface area contributed by atoms with Crippen molar-refractivity contribution in [3.8, 4) is 11.3 Å². The predicted octanol–water partition coefficient (Wildman–Crippen LogP) is 3.75. The monoisotopic (exact) mass is 232 g/mol. The number of aryl methyl sites for hydroxylation is 1. The highest BCUT2D eigenvalue weighted by Crippen LogP contribution is 2.29. The van der Waals surface area contributed by atoms with Gasteiger partial charge in [-0.1, -0.05) is 12.1 Å². The number of aromatic nitrogens is 2. The van der Waals surface area contributed by atoms with Gasteiger partial charge in [0.25, 0.3) is 0 Å². The van der Waals surface area contributed by atoms with E-state index in [1.54, 1.807) is 18.3 Å². The zero-order chi connectivity index (χ0) is 12.6. The fourth-order valence-corrected chi connectivity index (χ4v) is 1.92. The normalized spacial score (nSPS) is 11.8. The topological polar surface area (TPSA) is 17.8 Å². The van der Waals surface area contributed by atoms with Crippen LogP contribution in [0.5, 0.6) is 0 Å². The standard InChI is InChI=1S/C14H17FN2/c1-10-9-16-17(14(2,3)4)13(10)11-7-5-6-8-12(11)15/h5-9H,1-4H3. The van der Waals surface area contributed by atoms with Gasteiger partial charge in [0.1, 0.15) is 5.82 Å². The first-order valence-electron chi connectivity index (χ1n) is 5.71. The average molecular weight is 232 g/mol. The predicted molar refractivity (Wildman–Crippen MR) is 67.4 cm³/mol. The van der Waals surface area contributed by atoms with Crippen molar-refractivity contribution >= 4 is 0 Å². The molecule has 0 aliphatic rings. The molecule has 90 valence electrons. The molecule has 0 saturated heterocycles. The van der Waals surface area contributed by atoms with Crippen LogP contribution in [0.2, 0.25) is 0 Å². The van der Waals surface area contributed by atoms with Gasteiger partial charge in [0.2, 0.25) is 0 Å². The van der Waals surface area contributed by atoms with Gasteiger partial charge in [0.15, 0.2) is 0 Å². The minimum Gasteiger partial charge on any atom is -0.259 e. The van der Waals surface area contributed by atoms with E-state index in [1.807, 2.05) is 17.7 Å². The van der Waals surface area contributed by atoms with E-state index in [-0.39, 0.29) is 11.4 Å². The molecule has 2 nitrogen and oxygen atoms in total. The van der Waals surface area contributed by atoms with Crippen LogP contribution >= 0.6 is 0 Å². The van der Waals surface area contributed by atoms with E-state index < -0.39 is 0 Å². The van der Waals surface area contributed by atoms with Crippen LogP contribution in [0.15, 0.2) is 30.5 Å². The third-order valence-electron chi connectivity index (χ3n) is 2.72. The fourth-order valence-electron chi connectivity index (χ4n) is 1.92. The molecule has 0 bridgehead atoms. The van der Waals surface area contributed by atoms with E-state index >= 15 is 0 Å². The summed E-state index contributed by atoms with van der Waals surface area (Å²) in [6.45, 7) is 8.13. The molecule has 0 N–H and O–H groups in total. The van der Waals surface area contributed by atoms with Gasteiger partial charge in [-0.25, -0.2) is 4.39 Å². The number of hydrogen-bond acceptors (Lipinski definition) is 1. The highest BCUT2D eigenvalue weighted by molar-refractivity contribution is 5.64. The first-order valence-corrected chi connectivity index (χ1v) is 5.71. The van der Waals surface area contributed by atoms with Crippen LogP contribution in [0, 0.1) is 12.7 Å². The lowest BCUT2D eigenvalue weighted by atomic mass is 10.0. The van der Waals surface area contributed by atoms with Gasteiger partial charge in [0, 0.05) is 5.56 Å². The second-order valence-corrected chi connectivity index (χ2v) is 5.24. The quantitative estimate of drug-likeness (QED) is 0.732. The molecule has 1 aromatic heterocycles. The summed E-state index contributed by atoms with van der Waals surface area (Å²) >= 11 is 0. The zero-order valence-electron chi connectivity index (χ0n) is 10.7. The van der Waals surface area contributed by atoms with E-state index in [4.69, 9.17) is 0 Å². The Morgan fingerprint density at radius 1 is 1.18 bits per heavy atom. The minimum absolute atomic E-state index is 0.161. The van der Waals surface area contributed by atoms with Crippen molar-refractivity contribution in [2.75, 3.05) is 0 Å². The SMILES string of the molecule is Cc1cnn(C(C)(C)C)c1-c1ccccc1F. The van der Waals surface area contributed by atoms with Crippen molar-refractivity contribution in [3.63, 3.8) is 0 Å². The summed E-state index contributed by atoms with van der Waals surface area (Å²) < 4.78 is 15.7. The molecular weight excluding hydrogens is 215 g/mol. The summed E-state index contributed by atoms with van der Waals surface area (Å²) in [7, 11) is 0. The minimum atomic E-state index is -0.207. The van der Waals surface area contributed by atoms with Crippen molar-refractivity contribution in [2.24, 2.45) is 0 Å². The fraction of sp³-hybridized carbons (Fsp3) is 0.357. The highest BCUT2D eigenvalue weighted by atomic mass is 19.1. The molecule has 0 amide bonds. The molecule has 2 aromatic rings. The van der Waals surface area contributed by atoms with Gasteiger partial charge >= 0.3 is 0 Å². The maximum absolute atomic E-state index is 13.9. The number of hydrogen-bond donors (Lipinski definition) is 0. The number of benzene rings is 1. The van der Waals surface area contributed by atoms with Crippen LogP contribution in [0.1, 0.15) is 26.3 Å². The Morgan fingerprint density at radius 2 is 1.82 bits per heavy atom. The van der Waals surface area contributed by atoms with Crippen molar-refractivity contribution in [2.45, 2.75) is 33.2 Å².